The van der Waals surface area contributed by atoms with Gasteiger partial charge >= 0.3 is 12.2 Å². The van der Waals surface area contributed by atoms with Crippen LogP contribution in [0.1, 0.15) is 26.3 Å². The molecule has 218 valence electrons. The molecule has 0 saturated carbocycles. The van der Waals surface area contributed by atoms with Crippen molar-refractivity contribution in [2.45, 2.75) is 38.2 Å². The van der Waals surface area contributed by atoms with Crippen molar-refractivity contribution in [1.29, 1.82) is 0 Å². The van der Waals surface area contributed by atoms with Crippen LogP contribution in [0.25, 0.3) is 0 Å². The van der Waals surface area contributed by atoms with E-state index in [9.17, 15) is 14.7 Å². The number of carbonyl (C=O) groups is 2. The van der Waals surface area contributed by atoms with Crippen LogP contribution in [0.3, 0.4) is 0 Å². The molecule has 4 N–H and O–H groups in total. The van der Waals surface area contributed by atoms with Gasteiger partial charge in [0.05, 0.1) is 57.0 Å². The maximum atomic E-state index is 13.0. The van der Waals surface area contributed by atoms with Crippen LogP contribution in [0.15, 0.2) is 24.3 Å². The number of rotatable bonds is 20. The quantitative estimate of drug-likeness (QED) is 0.155. The largest absolute Gasteiger partial charge is 0.448 e. The van der Waals surface area contributed by atoms with Crippen molar-refractivity contribution < 1.29 is 38.4 Å². The smallest absolute Gasteiger partial charge is 0.414 e. The molecule has 1 atom stereocenters. The van der Waals surface area contributed by atoms with E-state index < -0.39 is 18.3 Å². The molecule has 0 aliphatic carbocycles. The molecule has 0 aliphatic heterocycles. The number of ether oxygens (including phenoxy) is 5. The number of aliphatic hydroxyl groups is 1. The Labute approximate surface area is 233 Å². The topological polar surface area (TPSA) is 142 Å². The van der Waals surface area contributed by atoms with Gasteiger partial charge < -0.3 is 39.8 Å². The van der Waals surface area contributed by atoms with Gasteiger partial charge in [-0.15, -0.1) is 0 Å². The summed E-state index contributed by atoms with van der Waals surface area (Å²) in [6, 6.07) is 7.07. The normalized spacial score (nSPS) is 12.2. The lowest BCUT2D eigenvalue weighted by molar-refractivity contribution is 0.0172. The summed E-state index contributed by atoms with van der Waals surface area (Å²) in [5, 5.41) is 11.7. The first-order valence-corrected chi connectivity index (χ1v) is 15.0. The molecule has 1 rings (SSSR count). The van der Waals surface area contributed by atoms with Crippen LogP contribution in [-0.2, 0) is 30.3 Å². The second kappa shape index (κ2) is 20.2. The average molecular weight is 578 g/mol. The summed E-state index contributed by atoms with van der Waals surface area (Å²) in [7, 11) is 3.26. The summed E-state index contributed by atoms with van der Waals surface area (Å²) in [6.45, 7) is 9.31. The minimum atomic E-state index is -0.657. The molecule has 0 bridgehead atoms. The monoisotopic (exact) mass is 577 g/mol. The highest BCUT2D eigenvalue weighted by molar-refractivity contribution is 8.76. The number of nitrogens with zero attached hydrogens (tertiary/aromatic N) is 1. The maximum Gasteiger partial charge on any atom is 0.414 e. The number of anilines is 1. The summed E-state index contributed by atoms with van der Waals surface area (Å²) in [5.41, 5.74) is 6.74. The maximum absolute atomic E-state index is 13.0. The number of hydrogen-bond donors (Lipinski definition) is 3. The average Bonchev–Trinajstić information content (AvgIpc) is 2.88. The van der Waals surface area contributed by atoms with Crippen LogP contribution in [0, 0.1) is 0 Å². The van der Waals surface area contributed by atoms with E-state index in [0.717, 1.165) is 5.56 Å². The Morgan fingerprint density at radius 2 is 1.63 bits per heavy atom. The first kappa shape index (κ1) is 34.3. The molecule has 2 amide bonds. The van der Waals surface area contributed by atoms with Gasteiger partial charge in [-0.25, -0.2) is 9.59 Å². The molecule has 11 nitrogen and oxygen atoms in total. The molecule has 0 unspecified atom stereocenters. The summed E-state index contributed by atoms with van der Waals surface area (Å²) >= 11 is 0. The molecule has 0 saturated heterocycles. The van der Waals surface area contributed by atoms with Crippen molar-refractivity contribution >= 4 is 39.5 Å². The van der Waals surface area contributed by atoms with Crippen molar-refractivity contribution in [1.82, 2.24) is 5.32 Å². The zero-order valence-corrected chi connectivity index (χ0v) is 24.4. The van der Waals surface area contributed by atoms with Crippen LogP contribution in [-0.4, -0.2) is 100 Å². The first-order valence-electron chi connectivity index (χ1n) is 12.5. The molecule has 0 radical (unpaired) electrons. The van der Waals surface area contributed by atoms with E-state index in [1.165, 1.54) is 4.90 Å². The third-order valence-corrected chi connectivity index (χ3v) is 7.29. The Morgan fingerprint density at radius 3 is 2.21 bits per heavy atom. The fourth-order valence-corrected chi connectivity index (χ4v) is 4.93. The van der Waals surface area contributed by atoms with Crippen LogP contribution >= 0.6 is 21.6 Å². The Balaban J connectivity index is 2.64. The van der Waals surface area contributed by atoms with Gasteiger partial charge in [0.2, 0.25) is 0 Å². The van der Waals surface area contributed by atoms with Crippen LogP contribution < -0.4 is 16.0 Å². The molecule has 0 spiro atoms. The number of aliphatic hydroxyl groups excluding tert-OH is 1. The highest BCUT2D eigenvalue weighted by Crippen LogP contribution is 2.33. The van der Waals surface area contributed by atoms with E-state index in [-0.39, 0.29) is 31.1 Å². The lowest BCUT2D eigenvalue weighted by Crippen LogP contribution is -2.37. The molecule has 0 heterocycles. The van der Waals surface area contributed by atoms with Crippen molar-refractivity contribution in [3.8, 4) is 0 Å². The molecular formula is C25H43N3O8S2. The molecular weight excluding hydrogens is 534 g/mol. The Hall–Kier alpha value is -1.74. The number of carbonyl (C=O) groups excluding carboxylic acids is 2. The standard InChI is InChI=1S/C25H43N3O8S2/c1-20(29)17-27-23(30)35-18-21-5-7-22(8-6-21)28(24(31)36-19-25(2,3)38-37-4)10-12-33-14-16-34-15-13-32-11-9-26/h5-8,20,29H,9-19,26H2,1-4H3,(H,27,30)/t20-/m0/s1. The minimum Gasteiger partial charge on any atom is -0.448 e. The zero-order valence-electron chi connectivity index (χ0n) is 22.8. The Morgan fingerprint density at radius 1 is 1.03 bits per heavy atom. The van der Waals surface area contributed by atoms with E-state index in [1.807, 2.05) is 20.1 Å². The number of amides is 2. The number of alkyl carbamates (subject to hydrolysis) is 1. The second-order valence-corrected chi connectivity index (χ2v) is 11.9. The Kier molecular flexibility index (Phi) is 18.2. The highest BCUT2D eigenvalue weighted by Gasteiger charge is 2.24. The van der Waals surface area contributed by atoms with Gasteiger partial charge in [-0.1, -0.05) is 33.7 Å². The van der Waals surface area contributed by atoms with E-state index in [4.69, 9.17) is 29.4 Å². The van der Waals surface area contributed by atoms with Crippen LogP contribution in [0.5, 0.6) is 0 Å². The van der Waals surface area contributed by atoms with Gasteiger partial charge in [0.15, 0.2) is 0 Å². The van der Waals surface area contributed by atoms with Gasteiger partial charge in [-0.3, -0.25) is 4.90 Å². The molecule has 1 aromatic rings. The lowest BCUT2D eigenvalue weighted by Gasteiger charge is -2.26. The number of nitrogens with two attached hydrogens (primary N) is 1. The van der Waals surface area contributed by atoms with E-state index in [1.54, 1.807) is 52.8 Å². The molecule has 0 aliphatic rings. The zero-order chi connectivity index (χ0) is 28.2. The molecule has 13 heteroatoms. The summed E-state index contributed by atoms with van der Waals surface area (Å²) in [4.78, 5) is 26.2. The van der Waals surface area contributed by atoms with E-state index in [2.05, 4.69) is 5.32 Å². The summed E-state index contributed by atoms with van der Waals surface area (Å²) in [6.07, 6.45) is 0.236. The van der Waals surface area contributed by atoms with Crippen LogP contribution in [0.2, 0.25) is 0 Å². The third kappa shape index (κ3) is 16.3. The lowest BCUT2D eigenvalue weighted by atomic mass is 10.2. The van der Waals surface area contributed by atoms with Gasteiger partial charge in [-0.2, -0.15) is 0 Å². The number of benzene rings is 1. The third-order valence-electron chi connectivity index (χ3n) is 4.70. The number of nitrogens with one attached hydrogen (secondary N) is 1. The van der Waals surface area contributed by atoms with Crippen molar-refractivity contribution in [3.05, 3.63) is 29.8 Å². The van der Waals surface area contributed by atoms with Gasteiger partial charge in [0, 0.05) is 18.8 Å². The fourth-order valence-electron chi connectivity index (χ4n) is 2.87. The van der Waals surface area contributed by atoms with E-state index in [0.29, 0.717) is 51.9 Å². The van der Waals surface area contributed by atoms with E-state index >= 15 is 0 Å². The molecule has 38 heavy (non-hydrogen) atoms. The van der Waals surface area contributed by atoms with Gasteiger partial charge in [0.1, 0.15) is 13.2 Å². The Bertz CT molecular complexity index is 784. The molecule has 0 aromatic heterocycles. The second-order valence-electron chi connectivity index (χ2n) is 8.81. The predicted octanol–water partition coefficient (Wildman–Crippen LogP) is 3.03. The summed E-state index contributed by atoms with van der Waals surface area (Å²) in [5.74, 6) is 0. The molecule has 1 aromatic carbocycles. The summed E-state index contributed by atoms with van der Waals surface area (Å²) < 4.78 is 26.9. The van der Waals surface area contributed by atoms with Crippen LogP contribution in [0.4, 0.5) is 15.3 Å². The minimum absolute atomic E-state index is 0.0524. The highest BCUT2D eigenvalue weighted by atomic mass is 33.1. The predicted molar refractivity (Wildman–Crippen MR) is 152 cm³/mol. The fraction of sp³-hybridized carbons (Fsp3) is 0.680. The van der Waals surface area contributed by atoms with Crippen molar-refractivity contribution in [3.63, 3.8) is 0 Å². The molecule has 0 fully saturated rings. The van der Waals surface area contributed by atoms with Gasteiger partial charge in [0.25, 0.3) is 0 Å². The van der Waals surface area contributed by atoms with Crippen molar-refractivity contribution in [2.24, 2.45) is 5.73 Å². The van der Waals surface area contributed by atoms with Crippen molar-refractivity contribution in [2.75, 3.05) is 77.0 Å². The van der Waals surface area contributed by atoms with Gasteiger partial charge in [-0.05, 0) is 44.7 Å². The number of hydrogen-bond acceptors (Lipinski definition) is 11. The SMILES string of the molecule is CSSC(C)(C)COC(=O)N(CCOCCOCCOCCN)c1ccc(COC(=O)NC[C@H](C)O)cc1. The first-order chi connectivity index (χ1) is 18.2.